The van der Waals surface area contributed by atoms with Crippen molar-refractivity contribution in [3.8, 4) is 28.7 Å². The number of para-hydroxylation sites is 1. The number of rotatable bonds is 9. The fraction of sp³-hybridized carbons (Fsp3) is 0.538. The molecule has 1 fully saturated rings. The third-order valence-electron chi connectivity index (χ3n) is 6.68. The SMILES string of the molecule is CCNC(Oc1cc(OC)c(OC)c(OC)c1)C1CC(C2CCCC2)Oc2ccccc21. The molecule has 2 aliphatic rings. The van der Waals surface area contributed by atoms with Gasteiger partial charge in [-0.2, -0.15) is 0 Å². The first-order valence-electron chi connectivity index (χ1n) is 11.6. The zero-order valence-corrected chi connectivity index (χ0v) is 19.6. The summed E-state index contributed by atoms with van der Waals surface area (Å²) in [6.07, 6.45) is 6.05. The third-order valence-corrected chi connectivity index (χ3v) is 6.68. The van der Waals surface area contributed by atoms with E-state index in [-0.39, 0.29) is 18.2 Å². The van der Waals surface area contributed by atoms with Crippen LogP contribution in [0.4, 0.5) is 0 Å². The molecule has 1 N–H and O–H groups in total. The van der Waals surface area contributed by atoms with Gasteiger partial charge in [0.2, 0.25) is 5.75 Å². The van der Waals surface area contributed by atoms with E-state index in [0.29, 0.717) is 28.9 Å². The molecule has 6 nitrogen and oxygen atoms in total. The molecule has 0 aromatic heterocycles. The Labute approximate surface area is 191 Å². The molecule has 0 spiro atoms. The predicted molar refractivity (Wildman–Crippen MR) is 124 cm³/mol. The van der Waals surface area contributed by atoms with Crippen LogP contribution >= 0.6 is 0 Å². The molecule has 1 aliphatic heterocycles. The van der Waals surface area contributed by atoms with E-state index >= 15 is 0 Å². The summed E-state index contributed by atoms with van der Waals surface area (Å²) < 4.78 is 29.6. The van der Waals surface area contributed by atoms with Gasteiger partial charge in [-0.25, -0.2) is 0 Å². The highest BCUT2D eigenvalue weighted by molar-refractivity contribution is 5.56. The molecular formula is C26H35NO5. The second-order valence-electron chi connectivity index (χ2n) is 8.54. The monoisotopic (exact) mass is 441 g/mol. The maximum absolute atomic E-state index is 6.56. The number of methoxy groups -OCH3 is 3. The molecule has 1 heterocycles. The minimum absolute atomic E-state index is 0.171. The Kier molecular flexibility index (Phi) is 7.30. The number of nitrogens with one attached hydrogen (secondary N) is 1. The molecule has 3 atom stereocenters. The van der Waals surface area contributed by atoms with E-state index in [4.69, 9.17) is 23.7 Å². The van der Waals surface area contributed by atoms with Crippen LogP contribution in [0.2, 0.25) is 0 Å². The molecule has 2 aromatic carbocycles. The molecule has 2 aromatic rings. The van der Waals surface area contributed by atoms with E-state index in [0.717, 1.165) is 18.7 Å². The lowest BCUT2D eigenvalue weighted by atomic mass is 9.83. The summed E-state index contributed by atoms with van der Waals surface area (Å²) in [6, 6.07) is 12.1. The van der Waals surface area contributed by atoms with Gasteiger partial charge in [0.15, 0.2) is 17.7 Å². The van der Waals surface area contributed by atoms with Gasteiger partial charge >= 0.3 is 0 Å². The van der Waals surface area contributed by atoms with Crippen molar-refractivity contribution < 1.29 is 23.7 Å². The van der Waals surface area contributed by atoms with Crippen LogP contribution in [-0.4, -0.2) is 40.2 Å². The predicted octanol–water partition coefficient (Wildman–Crippen LogP) is 5.15. The zero-order chi connectivity index (χ0) is 22.5. The number of likely N-dealkylation sites (N-methyl/N-ethyl adjacent to an activating group) is 1. The molecule has 0 saturated heterocycles. The molecule has 32 heavy (non-hydrogen) atoms. The average molecular weight is 442 g/mol. The van der Waals surface area contributed by atoms with Crippen LogP contribution in [0.15, 0.2) is 36.4 Å². The summed E-state index contributed by atoms with van der Waals surface area (Å²) in [4.78, 5) is 0. The van der Waals surface area contributed by atoms with Crippen molar-refractivity contribution in [3.05, 3.63) is 42.0 Å². The quantitative estimate of drug-likeness (QED) is 0.543. The van der Waals surface area contributed by atoms with Crippen molar-refractivity contribution in [2.75, 3.05) is 27.9 Å². The van der Waals surface area contributed by atoms with E-state index in [1.165, 1.54) is 31.2 Å². The van der Waals surface area contributed by atoms with Gasteiger partial charge < -0.3 is 23.7 Å². The van der Waals surface area contributed by atoms with Crippen LogP contribution in [0.3, 0.4) is 0 Å². The van der Waals surface area contributed by atoms with E-state index in [2.05, 4.69) is 36.5 Å². The Morgan fingerprint density at radius 2 is 1.69 bits per heavy atom. The molecule has 174 valence electrons. The van der Waals surface area contributed by atoms with Crippen LogP contribution in [0.5, 0.6) is 28.7 Å². The maximum atomic E-state index is 6.56. The molecule has 1 aliphatic carbocycles. The fourth-order valence-electron chi connectivity index (χ4n) is 5.13. The zero-order valence-electron chi connectivity index (χ0n) is 19.6. The van der Waals surface area contributed by atoms with E-state index in [1.807, 2.05) is 12.1 Å². The first-order valence-corrected chi connectivity index (χ1v) is 11.6. The van der Waals surface area contributed by atoms with Crippen molar-refractivity contribution in [2.45, 2.75) is 57.3 Å². The Morgan fingerprint density at radius 3 is 2.31 bits per heavy atom. The number of benzene rings is 2. The van der Waals surface area contributed by atoms with Gasteiger partial charge in [0, 0.05) is 23.6 Å². The second-order valence-corrected chi connectivity index (χ2v) is 8.54. The van der Waals surface area contributed by atoms with Gasteiger partial charge in [-0.3, -0.25) is 5.32 Å². The lowest BCUT2D eigenvalue weighted by Crippen LogP contribution is -2.44. The molecule has 0 radical (unpaired) electrons. The Balaban J connectivity index is 1.65. The molecule has 4 rings (SSSR count). The van der Waals surface area contributed by atoms with Crippen molar-refractivity contribution >= 4 is 0 Å². The molecule has 0 bridgehead atoms. The highest BCUT2D eigenvalue weighted by atomic mass is 16.5. The number of hydrogen-bond acceptors (Lipinski definition) is 6. The van der Waals surface area contributed by atoms with E-state index < -0.39 is 0 Å². The van der Waals surface area contributed by atoms with Gasteiger partial charge in [-0.05, 0) is 37.8 Å². The Hall–Kier alpha value is -2.60. The van der Waals surface area contributed by atoms with Gasteiger partial charge in [0.25, 0.3) is 0 Å². The first kappa shape index (κ1) is 22.6. The minimum atomic E-state index is -0.211. The topological polar surface area (TPSA) is 58.2 Å². The standard InChI is InChI=1S/C26H35NO5/c1-5-27-26(31-18-14-23(28-2)25(30-4)24(15-18)29-3)20-16-22(17-10-6-7-11-17)32-21-13-9-8-12-19(20)21/h8-9,12-15,17,20,22,26-27H,5-7,10-11,16H2,1-4H3. The normalized spacial score (nSPS) is 21.4. The Morgan fingerprint density at radius 1 is 1.00 bits per heavy atom. The summed E-state index contributed by atoms with van der Waals surface area (Å²) >= 11 is 0. The number of ether oxygens (including phenoxy) is 5. The average Bonchev–Trinajstić information content (AvgIpc) is 3.37. The van der Waals surface area contributed by atoms with Gasteiger partial charge in [-0.15, -0.1) is 0 Å². The van der Waals surface area contributed by atoms with Crippen molar-refractivity contribution in [2.24, 2.45) is 5.92 Å². The molecule has 6 heteroatoms. The summed E-state index contributed by atoms with van der Waals surface area (Å²) in [5, 5.41) is 3.57. The molecule has 1 saturated carbocycles. The van der Waals surface area contributed by atoms with Crippen LogP contribution in [0.25, 0.3) is 0 Å². The fourth-order valence-corrected chi connectivity index (χ4v) is 5.13. The minimum Gasteiger partial charge on any atom is -0.493 e. The third kappa shape index (κ3) is 4.60. The summed E-state index contributed by atoms with van der Waals surface area (Å²) in [6.45, 7) is 2.90. The Bertz CT molecular complexity index is 871. The summed E-state index contributed by atoms with van der Waals surface area (Å²) in [5.41, 5.74) is 1.19. The summed E-state index contributed by atoms with van der Waals surface area (Å²) in [7, 11) is 4.83. The summed E-state index contributed by atoms with van der Waals surface area (Å²) in [5.74, 6) is 4.16. The van der Waals surface area contributed by atoms with Crippen molar-refractivity contribution in [3.63, 3.8) is 0 Å². The van der Waals surface area contributed by atoms with Crippen LogP contribution < -0.4 is 29.0 Å². The second kappa shape index (κ2) is 10.3. The number of fused-ring (bicyclic) bond motifs is 1. The first-order chi connectivity index (χ1) is 15.7. The highest BCUT2D eigenvalue weighted by Gasteiger charge is 2.38. The largest absolute Gasteiger partial charge is 0.493 e. The lowest BCUT2D eigenvalue weighted by Gasteiger charge is -2.39. The van der Waals surface area contributed by atoms with Gasteiger partial charge in [0.1, 0.15) is 17.6 Å². The molecule has 3 unspecified atom stereocenters. The lowest BCUT2D eigenvalue weighted by molar-refractivity contribution is 0.0540. The van der Waals surface area contributed by atoms with E-state index in [9.17, 15) is 0 Å². The van der Waals surface area contributed by atoms with Crippen molar-refractivity contribution in [1.82, 2.24) is 5.32 Å². The van der Waals surface area contributed by atoms with Crippen LogP contribution in [-0.2, 0) is 0 Å². The van der Waals surface area contributed by atoms with Gasteiger partial charge in [-0.1, -0.05) is 38.0 Å². The smallest absolute Gasteiger partial charge is 0.203 e. The van der Waals surface area contributed by atoms with Gasteiger partial charge in [0.05, 0.1) is 21.3 Å². The van der Waals surface area contributed by atoms with E-state index in [1.54, 1.807) is 21.3 Å². The van der Waals surface area contributed by atoms with Crippen molar-refractivity contribution in [1.29, 1.82) is 0 Å². The number of hydrogen-bond donors (Lipinski definition) is 1. The maximum Gasteiger partial charge on any atom is 0.203 e. The molecule has 0 amide bonds. The van der Waals surface area contributed by atoms with Crippen LogP contribution in [0.1, 0.15) is 50.5 Å². The molecular weight excluding hydrogens is 406 g/mol. The highest BCUT2D eigenvalue weighted by Crippen LogP contribution is 2.45. The van der Waals surface area contributed by atoms with Crippen LogP contribution in [0, 0.1) is 5.92 Å².